The highest BCUT2D eigenvalue weighted by molar-refractivity contribution is 5.92. The third-order valence-electron chi connectivity index (χ3n) is 8.90. The van der Waals surface area contributed by atoms with E-state index < -0.39 is 5.60 Å². The van der Waals surface area contributed by atoms with Gasteiger partial charge in [-0.25, -0.2) is 0 Å². The van der Waals surface area contributed by atoms with E-state index in [1.165, 1.54) is 5.57 Å². The van der Waals surface area contributed by atoms with Gasteiger partial charge < -0.3 is 4.74 Å². The second-order valence-corrected chi connectivity index (χ2v) is 9.86. The number of hydrogen-bond donors (Lipinski definition) is 0. The Bertz CT molecular complexity index is 763. The van der Waals surface area contributed by atoms with Gasteiger partial charge >= 0.3 is 0 Å². The molecule has 0 bridgehead atoms. The van der Waals surface area contributed by atoms with Crippen molar-refractivity contribution in [1.82, 2.24) is 0 Å². The van der Waals surface area contributed by atoms with Crippen LogP contribution >= 0.6 is 0 Å². The van der Waals surface area contributed by atoms with Gasteiger partial charge in [0.05, 0.1) is 0 Å². The molecular weight excluding hydrogens is 312 g/mol. The number of carbonyl (C=O) groups is 2. The van der Waals surface area contributed by atoms with E-state index in [0.29, 0.717) is 24.2 Å². The van der Waals surface area contributed by atoms with Crippen molar-refractivity contribution in [2.24, 2.45) is 28.6 Å². The van der Waals surface area contributed by atoms with Crippen LogP contribution in [-0.2, 0) is 14.3 Å². The Morgan fingerprint density at radius 1 is 1.20 bits per heavy atom. The molecule has 7 atom stereocenters. The number of ether oxygens (including phenoxy) is 1. The first-order valence-corrected chi connectivity index (χ1v) is 9.82. The maximum atomic E-state index is 12.6. The van der Waals surface area contributed by atoms with E-state index in [4.69, 9.17) is 4.74 Å². The fourth-order valence-electron chi connectivity index (χ4n) is 7.62. The van der Waals surface area contributed by atoms with Crippen LogP contribution in [0.2, 0.25) is 0 Å². The van der Waals surface area contributed by atoms with E-state index >= 15 is 0 Å². The Morgan fingerprint density at radius 2 is 1.96 bits per heavy atom. The highest BCUT2D eigenvalue weighted by Gasteiger charge is 2.85. The maximum Gasteiger partial charge on any atom is 0.165 e. The summed E-state index contributed by atoms with van der Waals surface area (Å²) in [7, 11) is 0. The van der Waals surface area contributed by atoms with Gasteiger partial charge in [0.1, 0.15) is 5.60 Å². The molecule has 3 nitrogen and oxygen atoms in total. The predicted molar refractivity (Wildman–Crippen MR) is 94.9 cm³/mol. The first kappa shape index (κ1) is 16.0. The van der Waals surface area contributed by atoms with E-state index in [1.54, 1.807) is 6.92 Å². The van der Waals surface area contributed by atoms with Gasteiger partial charge in [-0.15, -0.1) is 0 Å². The monoisotopic (exact) mass is 340 g/mol. The van der Waals surface area contributed by atoms with Gasteiger partial charge in [-0.1, -0.05) is 26.0 Å². The molecule has 0 spiro atoms. The van der Waals surface area contributed by atoms with Crippen LogP contribution in [0.3, 0.4) is 0 Å². The first-order chi connectivity index (χ1) is 11.7. The molecule has 0 amide bonds. The van der Waals surface area contributed by atoms with E-state index in [0.717, 1.165) is 25.7 Å². The minimum Gasteiger partial charge on any atom is -0.354 e. The van der Waals surface area contributed by atoms with Crippen LogP contribution in [0, 0.1) is 28.6 Å². The van der Waals surface area contributed by atoms with E-state index in [1.807, 2.05) is 6.08 Å². The Balaban J connectivity index is 1.58. The molecule has 0 unspecified atom stereocenters. The normalized spacial score (nSPS) is 55.6. The summed E-state index contributed by atoms with van der Waals surface area (Å²) in [6.45, 7) is 8.53. The number of fused-ring (bicyclic) bond motifs is 7. The minimum atomic E-state index is -0.553. The molecule has 5 rings (SSSR count). The van der Waals surface area contributed by atoms with Gasteiger partial charge in [0.2, 0.25) is 0 Å². The second kappa shape index (κ2) is 4.36. The van der Waals surface area contributed by atoms with Crippen LogP contribution < -0.4 is 0 Å². The summed E-state index contributed by atoms with van der Waals surface area (Å²) in [6, 6.07) is 0. The summed E-state index contributed by atoms with van der Waals surface area (Å²) in [5.41, 5.74) is 0.484. The minimum absolute atomic E-state index is 0.0544. The highest BCUT2D eigenvalue weighted by Crippen LogP contribution is 2.76. The highest BCUT2D eigenvalue weighted by atomic mass is 16.6. The summed E-state index contributed by atoms with van der Waals surface area (Å²) in [4.78, 5) is 24.5. The van der Waals surface area contributed by atoms with Gasteiger partial charge in [-0.2, -0.15) is 0 Å². The maximum absolute atomic E-state index is 12.6. The van der Waals surface area contributed by atoms with Crippen molar-refractivity contribution in [3.05, 3.63) is 23.8 Å². The molecule has 1 heterocycles. The molecule has 3 fully saturated rings. The van der Waals surface area contributed by atoms with Crippen LogP contribution in [-0.4, -0.2) is 22.8 Å². The molecule has 1 aliphatic heterocycles. The van der Waals surface area contributed by atoms with Gasteiger partial charge in [-0.3, -0.25) is 9.59 Å². The van der Waals surface area contributed by atoms with Crippen molar-refractivity contribution in [3.8, 4) is 0 Å². The number of hydrogen-bond acceptors (Lipinski definition) is 3. The molecule has 0 aromatic rings. The smallest absolute Gasteiger partial charge is 0.165 e. The standard InChI is InChI=1S/C22H28O3/c1-13(23)22-20(3)10-8-17-16(18(20)12-21(22,4)25-22)6-5-14-11-15(24)7-9-19(14,17)2/h5-6,11,16-18H,7-10,12H2,1-4H3/t16-,17+,18+,19+,20+,21-,22+/m1/s1. The summed E-state index contributed by atoms with van der Waals surface area (Å²) >= 11 is 0. The van der Waals surface area contributed by atoms with Crippen molar-refractivity contribution in [2.45, 2.75) is 71.0 Å². The van der Waals surface area contributed by atoms with Gasteiger partial charge in [0.25, 0.3) is 0 Å². The number of epoxide rings is 1. The largest absolute Gasteiger partial charge is 0.354 e. The Kier molecular flexibility index (Phi) is 2.79. The third-order valence-corrected chi connectivity index (χ3v) is 8.90. The summed E-state index contributed by atoms with van der Waals surface area (Å²) in [5.74, 6) is 2.07. The molecule has 25 heavy (non-hydrogen) atoms. The molecule has 0 aromatic carbocycles. The SMILES string of the molecule is CC(=O)[C@@]12O[C@]1(C)C[C@H]1[C@@H]3C=CC4=CC(=O)CC[C@]4(C)[C@H]3CC[C@@]12C. The van der Waals surface area contributed by atoms with Crippen molar-refractivity contribution in [1.29, 1.82) is 0 Å². The fraction of sp³-hybridized carbons (Fsp3) is 0.727. The lowest BCUT2D eigenvalue weighted by Crippen LogP contribution is -2.53. The average molecular weight is 340 g/mol. The number of ketones is 2. The van der Waals surface area contributed by atoms with Crippen LogP contribution in [0.1, 0.15) is 59.8 Å². The average Bonchev–Trinajstić information content (AvgIpc) is 3.13. The molecule has 1 saturated heterocycles. The molecule has 5 aliphatic rings. The summed E-state index contributed by atoms with van der Waals surface area (Å²) < 4.78 is 6.16. The van der Waals surface area contributed by atoms with Crippen molar-refractivity contribution >= 4 is 11.6 Å². The van der Waals surface area contributed by atoms with Gasteiger partial charge in [0.15, 0.2) is 17.2 Å². The first-order valence-electron chi connectivity index (χ1n) is 9.82. The van der Waals surface area contributed by atoms with Gasteiger partial charge in [0, 0.05) is 11.8 Å². The van der Waals surface area contributed by atoms with Crippen LogP contribution in [0.25, 0.3) is 0 Å². The quantitative estimate of drug-likeness (QED) is 0.677. The molecule has 4 aliphatic carbocycles. The van der Waals surface area contributed by atoms with Crippen LogP contribution in [0.15, 0.2) is 23.8 Å². The lowest BCUT2D eigenvalue weighted by Gasteiger charge is -2.56. The third kappa shape index (κ3) is 1.58. The van der Waals surface area contributed by atoms with E-state index in [9.17, 15) is 9.59 Å². The zero-order chi connectivity index (χ0) is 17.8. The van der Waals surface area contributed by atoms with E-state index in [2.05, 4.69) is 32.9 Å². The Morgan fingerprint density at radius 3 is 2.68 bits per heavy atom. The Labute approximate surface area is 149 Å². The molecule has 0 radical (unpaired) electrons. The fourth-order valence-corrected chi connectivity index (χ4v) is 7.62. The summed E-state index contributed by atoms with van der Waals surface area (Å²) in [6.07, 6.45) is 11.3. The number of carbonyl (C=O) groups excluding carboxylic acids is 2. The van der Waals surface area contributed by atoms with Crippen molar-refractivity contribution < 1.29 is 14.3 Å². The number of allylic oxidation sites excluding steroid dienone is 4. The lowest BCUT2D eigenvalue weighted by atomic mass is 9.48. The lowest BCUT2D eigenvalue weighted by molar-refractivity contribution is -0.133. The van der Waals surface area contributed by atoms with Crippen molar-refractivity contribution in [3.63, 3.8) is 0 Å². The summed E-state index contributed by atoms with van der Waals surface area (Å²) in [5, 5.41) is 0. The van der Waals surface area contributed by atoms with E-state index in [-0.39, 0.29) is 28.0 Å². The molecule has 2 saturated carbocycles. The Hall–Kier alpha value is -1.22. The van der Waals surface area contributed by atoms with Crippen LogP contribution in [0.5, 0.6) is 0 Å². The zero-order valence-electron chi connectivity index (χ0n) is 15.7. The molecule has 0 aromatic heterocycles. The van der Waals surface area contributed by atoms with Gasteiger partial charge in [-0.05, 0) is 74.3 Å². The van der Waals surface area contributed by atoms with Crippen molar-refractivity contribution in [2.75, 3.05) is 0 Å². The molecular formula is C22H28O3. The second-order valence-electron chi connectivity index (χ2n) is 9.86. The molecule has 134 valence electrons. The van der Waals surface area contributed by atoms with Crippen LogP contribution in [0.4, 0.5) is 0 Å². The predicted octanol–water partition coefficient (Wildman–Crippen LogP) is 4.02. The zero-order valence-corrected chi connectivity index (χ0v) is 15.7. The molecule has 3 heteroatoms. The molecule has 0 N–H and O–H groups in total. The number of Topliss-reactive ketones (excluding diaryl/α,β-unsaturated/α-hetero) is 1. The topological polar surface area (TPSA) is 46.7 Å². The number of rotatable bonds is 1.